The first-order valence-corrected chi connectivity index (χ1v) is 12.1. The number of aliphatic hydroxyl groups excluding tert-OH is 1. The number of nitrogens with one attached hydrogen (secondary N) is 2. The number of aliphatic hydroxyl groups is 1. The van der Waals surface area contributed by atoms with E-state index < -0.39 is 61.2 Å². The normalized spacial score (nSPS) is 27.5. The summed E-state index contributed by atoms with van der Waals surface area (Å²) in [7, 11) is -3.18. The van der Waals surface area contributed by atoms with Crippen molar-refractivity contribution in [1.82, 2.24) is 14.6 Å². The van der Waals surface area contributed by atoms with Gasteiger partial charge in [-0.2, -0.15) is 5.09 Å². The predicted molar refractivity (Wildman–Crippen MR) is 121 cm³/mol. The maximum absolute atomic E-state index is 15.5. The number of hydrogen-bond donors (Lipinski definition) is 3. The molecule has 12 nitrogen and oxygen atoms in total. The quantitative estimate of drug-likeness (QED) is 0.328. The van der Waals surface area contributed by atoms with Crippen LogP contribution in [0.5, 0.6) is 5.75 Å². The number of nitrogens with zero attached hydrogens (tertiary/aromatic N) is 1. The van der Waals surface area contributed by atoms with E-state index >= 15 is 4.39 Å². The number of H-pyrrole nitrogens is 1. The smallest absolute Gasteiger partial charge is 0.459 e. The first kappa shape index (κ1) is 26.8. The summed E-state index contributed by atoms with van der Waals surface area (Å²) in [6, 6.07) is 7.84. The zero-order valence-electron chi connectivity index (χ0n) is 19.4. The van der Waals surface area contributed by atoms with Crippen molar-refractivity contribution in [3.8, 4) is 5.75 Å². The second-order valence-electron chi connectivity index (χ2n) is 8.15. The van der Waals surface area contributed by atoms with Gasteiger partial charge in [0.05, 0.1) is 13.2 Å². The van der Waals surface area contributed by atoms with E-state index in [-0.39, 0.29) is 5.75 Å². The van der Waals surface area contributed by atoms with Gasteiger partial charge in [-0.05, 0) is 32.9 Å². The van der Waals surface area contributed by atoms with Crippen molar-refractivity contribution >= 4 is 13.7 Å². The molecule has 0 aliphatic carbocycles. The first-order valence-electron chi connectivity index (χ1n) is 10.6. The summed E-state index contributed by atoms with van der Waals surface area (Å²) in [4.78, 5) is 37.4. The maximum atomic E-state index is 15.5. The first-order chi connectivity index (χ1) is 16.4. The number of rotatable bonds is 9. The molecule has 3 N–H and O–H groups in total. The number of hydrogen-bond acceptors (Lipinski definition) is 9. The Kier molecular flexibility index (Phi) is 7.97. The summed E-state index contributed by atoms with van der Waals surface area (Å²) in [6.45, 7) is 3.75. The highest BCUT2D eigenvalue weighted by Gasteiger charge is 2.57. The number of ether oxygens (including phenoxy) is 2. The van der Waals surface area contributed by atoms with E-state index in [9.17, 15) is 24.1 Å². The van der Waals surface area contributed by atoms with Crippen LogP contribution in [0.2, 0.25) is 0 Å². The molecule has 1 fully saturated rings. The van der Waals surface area contributed by atoms with Gasteiger partial charge >= 0.3 is 19.4 Å². The molecule has 35 heavy (non-hydrogen) atoms. The largest absolute Gasteiger partial charge is 0.468 e. The van der Waals surface area contributed by atoms with E-state index in [4.69, 9.17) is 13.8 Å². The molecular weight excluding hydrogens is 488 g/mol. The molecule has 1 aromatic carbocycles. The van der Waals surface area contributed by atoms with Gasteiger partial charge in [0.25, 0.3) is 5.56 Å². The van der Waals surface area contributed by atoms with Gasteiger partial charge in [0.2, 0.25) is 0 Å². The molecule has 14 heteroatoms. The number of methoxy groups -OCH3 is 1. The van der Waals surface area contributed by atoms with Crippen LogP contribution >= 0.6 is 7.75 Å². The van der Waals surface area contributed by atoms with Gasteiger partial charge in [0.15, 0.2) is 11.9 Å². The molecule has 3 unspecified atom stereocenters. The number of carbonyl (C=O) groups excluding carboxylic acids is 1. The zero-order chi connectivity index (χ0) is 26.0. The molecule has 0 amide bonds. The molecule has 192 valence electrons. The molecule has 7 atom stereocenters. The zero-order valence-corrected chi connectivity index (χ0v) is 20.3. The molecule has 0 saturated carbocycles. The minimum Gasteiger partial charge on any atom is -0.468 e. The molecule has 2 aromatic rings. The summed E-state index contributed by atoms with van der Waals surface area (Å²) in [5, 5.41) is 13.1. The highest BCUT2D eigenvalue weighted by Crippen LogP contribution is 2.49. The monoisotopic (exact) mass is 515 g/mol. The van der Waals surface area contributed by atoms with Crippen molar-refractivity contribution in [2.75, 3.05) is 7.11 Å². The average molecular weight is 515 g/mol. The van der Waals surface area contributed by atoms with Gasteiger partial charge in [0.1, 0.15) is 24.0 Å². The number of para-hydroxylation sites is 1. The predicted octanol–water partition coefficient (Wildman–Crippen LogP) is 1.27. The SMILES string of the molecule is COC(=O)C(C)NP(=O)(Oc1ccccc1)OC(C)[C@H]1O[C@@H](n2ccc(=O)[nH]c2=O)[C@](C)(F)[C@@H]1O. The Balaban J connectivity index is 1.87. The minimum atomic E-state index is -4.33. The summed E-state index contributed by atoms with van der Waals surface area (Å²) >= 11 is 0. The fraction of sp³-hybridized carbons (Fsp3) is 0.476. The van der Waals surface area contributed by atoms with Gasteiger partial charge in [-0.15, -0.1) is 0 Å². The molecule has 0 spiro atoms. The van der Waals surface area contributed by atoms with Crippen LogP contribution in [0.3, 0.4) is 0 Å². The van der Waals surface area contributed by atoms with Crippen molar-refractivity contribution in [3.05, 3.63) is 63.4 Å². The fourth-order valence-electron chi connectivity index (χ4n) is 3.58. The van der Waals surface area contributed by atoms with Crippen LogP contribution in [-0.2, 0) is 23.4 Å². The molecule has 1 aliphatic rings. The molecule has 1 aliphatic heterocycles. The second-order valence-corrected chi connectivity index (χ2v) is 9.80. The van der Waals surface area contributed by atoms with Crippen molar-refractivity contribution in [3.63, 3.8) is 0 Å². The minimum absolute atomic E-state index is 0.147. The Bertz CT molecular complexity index is 1200. The fourth-order valence-corrected chi connectivity index (χ4v) is 5.28. The lowest BCUT2D eigenvalue weighted by molar-refractivity contribution is -0.142. The number of halogens is 1. The molecule has 0 bridgehead atoms. The van der Waals surface area contributed by atoms with E-state index in [1.54, 1.807) is 18.2 Å². The third kappa shape index (κ3) is 5.88. The Labute approximate surface area is 199 Å². The summed E-state index contributed by atoms with van der Waals surface area (Å²) in [6.07, 6.45) is -5.11. The molecule has 2 heterocycles. The van der Waals surface area contributed by atoms with Crippen molar-refractivity contribution in [2.24, 2.45) is 0 Å². The topological polar surface area (TPSA) is 158 Å². The Morgan fingerprint density at radius 1 is 1.29 bits per heavy atom. The molecule has 0 radical (unpaired) electrons. The van der Waals surface area contributed by atoms with E-state index in [2.05, 4.69) is 9.82 Å². The second kappa shape index (κ2) is 10.4. The van der Waals surface area contributed by atoms with E-state index in [1.807, 2.05) is 4.98 Å². The molecule has 3 rings (SSSR count). The van der Waals surface area contributed by atoms with Gasteiger partial charge in [-0.25, -0.2) is 13.8 Å². The standard InChI is InChI=1S/C21H27FN3O9P/c1-12(18(28)31-4)24-35(30,34-14-8-6-5-7-9-14)33-13(2)16-17(27)21(3,22)19(32-16)25-11-10-15(26)23-20(25)29/h5-13,16-17,19,27H,1-4H3,(H,24,30)(H,23,26,29)/t12?,13?,16-,17-,19-,21-,35?/m1/s1. The lowest BCUT2D eigenvalue weighted by Crippen LogP contribution is -2.45. The number of esters is 1. The Morgan fingerprint density at radius 2 is 1.94 bits per heavy atom. The van der Waals surface area contributed by atoms with Crippen molar-refractivity contribution in [2.45, 2.75) is 57.0 Å². The van der Waals surface area contributed by atoms with Crippen LogP contribution in [0, 0.1) is 0 Å². The summed E-state index contributed by atoms with van der Waals surface area (Å²) < 4.78 is 51.3. The molecular formula is C21H27FN3O9P. The number of aromatic nitrogens is 2. The number of alkyl halides is 1. The van der Waals surface area contributed by atoms with E-state index in [1.165, 1.54) is 26.0 Å². The van der Waals surface area contributed by atoms with Crippen LogP contribution < -0.4 is 20.9 Å². The highest BCUT2D eigenvalue weighted by molar-refractivity contribution is 7.52. The van der Waals surface area contributed by atoms with Crippen LogP contribution in [0.4, 0.5) is 4.39 Å². The number of aromatic amines is 1. The molecule has 1 aromatic heterocycles. The molecule has 1 saturated heterocycles. The van der Waals surface area contributed by atoms with Gasteiger partial charge in [-0.1, -0.05) is 18.2 Å². The van der Waals surface area contributed by atoms with Crippen molar-refractivity contribution < 1.29 is 37.4 Å². The third-order valence-corrected chi connectivity index (χ3v) is 7.17. The summed E-state index contributed by atoms with van der Waals surface area (Å²) in [5.74, 6) is -0.599. The Hall–Kier alpha value is -2.83. The van der Waals surface area contributed by atoms with Crippen LogP contribution in [-0.4, -0.2) is 57.8 Å². The third-order valence-electron chi connectivity index (χ3n) is 5.41. The van der Waals surface area contributed by atoms with E-state index in [0.29, 0.717) is 0 Å². The average Bonchev–Trinajstić information content (AvgIpc) is 3.02. The number of carbonyl (C=O) groups is 1. The lowest BCUT2D eigenvalue weighted by Gasteiger charge is -2.29. The van der Waals surface area contributed by atoms with Gasteiger partial charge in [-0.3, -0.25) is 23.7 Å². The lowest BCUT2D eigenvalue weighted by atomic mass is 9.96. The van der Waals surface area contributed by atoms with Gasteiger partial charge in [0, 0.05) is 12.3 Å². The summed E-state index contributed by atoms with van der Waals surface area (Å²) in [5.41, 5.74) is -4.13. The van der Waals surface area contributed by atoms with Crippen LogP contribution in [0.1, 0.15) is 27.0 Å². The highest BCUT2D eigenvalue weighted by atomic mass is 31.2. The van der Waals surface area contributed by atoms with Gasteiger partial charge < -0.3 is 19.1 Å². The Morgan fingerprint density at radius 3 is 2.54 bits per heavy atom. The van der Waals surface area contributed by atoms with Crippen LogP contribution in [0.25, 0.3) is 0 Å². The van der Waals surface area contributed by atoms with Crippen LogP contribution in [0.15, 0.2) is 52.2 Å². The van der Waals surface area contributed by atoms with E-state index in [0.717, 1.165) is 30.9 Å². The van der Waals surface area contributed by atoms with Crippen molar-refractivity contribution in [1.29, 1.82) is 0 Å². The number of benzene rings is 1. The maximum Gasteiger partial charge on any atom is 0.459 e.